The van der Waals surface area contributed by atoms with Gasteiger partial charge in [-0.1, -0.05) is 12.1 Å². The van der Waals surface area contributed by atoms with E-state index in [1.54, 1.807) is 7.05 Å². The molecule has 0 radical (unpaired) electrons. The minimum atomic E-state index is 0.915. The SMILES string of the molecule is CN=Nc1ccc(-c2cn3cc(C)ccc3n2)c(C)c1C. The van der Waals surface area contributed by atoms with E-state index in [9.17, 15) is 0 Å². The van der Waals surface area contributed by atoms with Crippen LogP contribution in [0.25, 0.3) is 16.9 Å². The van der Waals surface area contributed by atoms with E-state index < -0.39 is 0 Å². The molecule has 4 nitrogen and oxygen atoms in total. The first-order valence-electron chi connectivity index (χ1n) is 6.96. The van der Waals surface area contributed by atoms with E-state index in [1.807, 2.05) is 12.1 Å². The molecule has 2 heterocycles. The summed E-state index contributed by atoms with van der Waals surface area (Å²) in [6.07, 6.45) is 4.17. The Balaban J connectivity index is 2.16. The molecule has 0 aliphatic rings. The Morgan fingerprint density at radius 1 is 0.952 bits per heavy atom. The molecule has 3 aromatic rings. The van der Waals surface area contributed by atoms with Crippen molar-refractivity contribution in [2.45, 2.75) is 20.8 Å². The summed E-state index contributed by atoms with van der Waals surface area (Å²) in [5.74, 6) is 0. The highest BCUT2D eigenvalue weighted by atomic mass is 15.1. The van der Waals surface area contributed by atoms with Crippen LogP contribution in [0.3, 0.4) is 0 Å². The van der Waals surface area contributed by atoms with Gasteiger partial charge in [0.1, 0.15) is 5.65 Å². The summed E-state index contributed by atoms with van der Waals surface area (Å²) in [4.78, 5) is 4.71. The highest BCUT2D eigenvalue weighted by molar-refractivity contribution is 5.71. The molecule has 0 aliphatic heterocycles. The van der Waals surface area contributed by atoms with Gasteiger partial charge in [0.05, 0.1) is 11.4 Å². The second-order valence-corrected chi connectivity index (χ2v) is 5.28. The van der Waals surface area contributed by atoms with Crippen LogP contribution in [-0.2, 0) is 0 Å². The number of imidazole rings is 1. The van der Waals surface area contributed by atoms with E-state index >= 15 is 0 Å². The number of nitrogens with zero attached hydrogens (tertiary/aromatic N) is 4. The molecule has 0 fully saturated rings. The van der Waals surface area contributed by atoms with Gasteiger partial charge >= 0.3 is 0 Å². The lowest BCUT2D eigenvalue weighted by Gasteiger charge is -2.08. The quantitative estimate of drug-likeness (QED) is 0.630. The predicted octanol–water partition coefficient (Wildman–Crippen LogP) is 4.64. The predicted molar refractivity (Wildman–Crippen MR) is 85.3 cm³/mol. The van der Waals surface area contributed by atoms with Gasteiger partial charge in [-0.15, -0.1) is 0 Å². The van der Waals surface area contributed by atoms with Crippen molar-refractivity contribution in [1.82, 2.24) is 9.38 Å². The van der Waals surface area contributed by atoms with E-state index in [4.69, 9.17) is 4.98 Å². The lowest BCUT2D eigenvalue weighted by Crippen LogP contribution is -1.88. The van der Waals surface area contributed by atoms with Crippen LogP contribution in [0.15, 0.2) is 46.9 Å². The average Bonchev–Trinajstić information content (AvgIpc) is 2.87. The van der Waals surface area contributed by atoms with Crippen molar-refractivity contribution < 1.29 is 0 Å². The molecule has 2 aromatic heterocycles. The molecule has 0 bridgehead atoms. The topological polar surface area (TPSA) is 42.0 Å². The summed E-state index contributed by atoms with van der Waals surface area (Å²) in [5.41, 5.74) is 7.57. The molecule has 0 N–H and O–H groups in total. The van der Waals surface area contributed by atoms with Crippen molar-refractivity contribution in [2.75, 3.05) is 7.05 Å². The van der Waals surface area contributed by atoms with E-state index in [2.05, 4.69) is 59.9 Å². The number of hydrogen-bond donors (Lipinski definition) is 0. The van der Waals surface area contributed by atoms with Gasteiger partial charge in [-0.05, 0) is 49.6 Å². The maximum absolute atomic E-state index is 4.71. The first-order chi connectivity index (χ1) is 10.1. The Bertz CT molecular complexity index is 843. The lowest BCUT2D eigenvalue weighted by atomic mass is 10.00. The van der Waals surface area contributed by atoms with Gasteiger partial charge in [0.2, 0.25) is 0 Å². The molecule has 3 rings (SSSR count). The van der Waals surface area contributed by atoms with Crippen LogP contribution in [0.4, 0.5) is 5.69 Å². The fraction of sp³-hybridized carbons (Fsp3) is 0.235. The molecular formula is C17H18N4. The van der Waals surface area contributed by atoms with Gasteiger partial charge in [0.25, 0.3) is 0 Å². The summed E-state index contributed by atoms with van der Waals surface area (Å²) < 4.78 is 2.07. The Labute approximate surface area is 124 Å². The Hall–Kier alpha value is -2.49. The fourth-order valence-electron chi connectivity index (χ4n) is 2.53. The van der Waals surface area contributed by atoms with Crippen molar-refractivity contribution in [2.24, 2.45) is 10.2 Å². The maximum Gasteiger partial charge on any atom is 0.137 e. The van der Waals surface area contributed by atoms with Crippen LogP contribution in [-0.4, -0.2) is 16.4 Å². The summed E-state index contributed by atoms with van der Waals surface area (Å²) in [5, 5.41) is 8.02. The molecule has 0 aliphatic carbocycles. The smallest absolute Gasteiger partial charge is 0.137 e. The molecular weight excluding hydrogens is 260 g/mol. The van der Waals surface area contributed by atoms with Crippen LogP contribution >= 0.6 is 0 Å². The van der Waals surface area contributed by atoms with Crippen LogP contribution in [0.1, 0.15) is 16.7 Å². The second kappa shape index (κ2) is 5.13. The summed E-state index contributed by atoms with van der Waals surface area (Å²) >= 11 is 0. The van der Waals surface area contributed by atoms with E-state index in [-0.39, 0.29) is 0 Å². The van der Waals surface area contributed by atoms with Gasteiger partial charge in [-0.3, -0.25) is 0 Å². The molecule has 4 heteroatoms. The average molecular weight is 278 g/mol. The molecule has 0 saturated carbocycles. The number of aromatic nitrogens is 2. The number of aryl methyl sites for hydroxylation is 1. The van der Waals surface area contributed by atoms with Crippen molar-refractivity contribution in [3.05, 3.63) is 53.3 Å². The minimum Gasteiger partial charge on any atom is -0.306 e. The third kappa shape index (κ3) is 2.33. The monoisotopic (exact) mass is 278 g/mol. The Morgan fingerprint density at radius 3 is 2.52 bits per heavy atom. The summed E-state index contributed by atoms with van der Waals surface area (Å²) in [7, 11) is 1.69. The van der Waals surface area contributed by atoms with Gasteiger partial charge in [0, 0.05) is 25.0 Å². The zero-order valence-electron chi connectivity index (χ0n) is 12.8. The molecule has 1 aromatic carbocycles. The molecule has 0 saturated heterocycles. The molecule has 0 spiro atoms. The fourth-order valence-corrected chi connectivity index (χ4v) is 2.53. The summed E-state index contributed by atoms with van der Waals surface area (Å²) in [6, 6.07) is 8.19. The van der Waals surface area contributed by atoms with Crippen LogP contribution in [0.2, 0.25) is 0 Å². The van der Waals surface area contributed by atoms with E-state index in [0.29, 0.717) is 0 Å². The number of azo groups is 1. The standard InChI is InChI=1S/C17H18N4/c1-11-5-8-17-19-16(10-21(17)9-11)14-6-7-15(20-18-4)13(3)12(14)2/h5-10H,1-4H3. The van der Waals surface area contributed by atoms with Crippen molar-refractivity contribution in [1.29, 1.82) is 0 Å². The van der Waals surface area contributed by atoms with E-state index in [1.165, 1.54) is 11.1 Å². The van der Waals surface area contributed by atoms with Crippen LogP contribution in [0.5, 0.6) is 0 Å². The Morgan fingerprint density at radius 2 is 1.76 bits per heavy atom. The Kier molecular flexibility index (Phi) is 3.29. The number of hydrogen-bond acceptors (Lipinski definition) is 3. The minimum absolute atomic E-state index is 0.915. The zero-order valence-corrected chi connectivity index (χ0v) is 12.8. The molecule has 0 amide bonds. The van der Waals surface area contributed by atoms with Gasteiger partial charge in [-0.2, -0.15) is 10.2 Å². The maximum atomic E-state index is 4.71. The molecule has 0 atom stereocenters. The second-order valence-electron chi connectivity index (χ2n) is 5.28. The lowest BCUT2D eigenvalue weighted by molar-refractivity contribution is 1.14. The number of pyridine rings is 1. The number of fused-ring (bicyclic) bond motifs is 1. The van der Waals surface area contributed by atoms with Crippen molar-refractivity contribution in [3.63, 3.8) is 0 Å². The van der Waals surface area contributed by atoms with Crippen LogP contribution in [0, 0.1) is 20.8 Å². The summed E-state index contributed by atoms with van der Waals surface area (Å²) in [6.45, 7) is 6.26. The van der Waals surface area contributed by atoms with Gasteiger partial charge in [-0.25, -0.2) is 4.98 Å². The van der Waals surface area contributed by atoms with Crippen molar-refractivity contribution in [3.8, 4) is 11.3 Å². The number of rotatable bonds is 2. The molecule has 106 valence electrons. The third-order valence-corrected chi connectivity index (χ3v) is 3.84. The highest BCUT2D eigenvalue weighted by Crippen LogP contribution is 2.31. The largest absolute Gasteiger partial charge is 0.306 e. The van der Waals surface area contributed by atoms with Gasteiger partial charge in [0.15, 0.2) is 0 Å². The molecule has 0 unspecified atom stereocenters. The zero-order chi connectivity index (χ0) is 15.0. The third-order valence-electron chi connectivity index (χ3n) is 3.84. The number of benzene rings is 1. The van der Waals surface area contributed by atoms with Crippen molar-refractivity contribution >= 4 is 11.3 Å². The highest BCUT2D eigenvalue weighted by Gasteiger charge is 2.11. The normalized spacial score (nSPS) is 11.6. The first-order valence-corrected chi connectivity index (χ1v) is 6.96. The van der Waals surface area contributed by atoms with Gasteiger partial charge < -0.3 is 4.40 Å². The van der Waals surface area contributed by atoms with Crippen LogP contribution < -0.4 is 0 Å². The van der Waals surface area contributed by atoms with E-state index in [0.717, 1.165) is 28.2 Å². The first kappa shape index (κ1) is 13.5. The molecule has 21 heavy (non-hydrogen) atoms.